The standard InChI is InChI=1S/C14H13ClN2O3S/c1-9-2-5-11(8-13(9)15)17-14(18)10-3-6-12(7-4-10)21(16,19)20/h2-8H,1H3,(H,17,18)(H2,16,19,20). The minimum Gasteiger partial charge on any atom is -0.322 e. The van der Waals surface area contributed by atoms with E-state index in [0.717, 1.165) is 5.56 Å². The molecular formula is C14H13ClN2O3S. The molecule has 0 heterocycles. The molecule has 21 heavy (non-hydrogen) atoms. The Morgan fingerprint density at radius 2 is 1.76 bits per heavy atom. The van der Waals surface area contributed by atoms with Crippen molar-refractivity contribution in [3.05, 3.63) is 58.6 Å². The normalized spacial score (nSPS) is 11.2. The van der Waals surface area contributed by atoms with E-state index < -0.39 is 10.0 Å². The molecule has 0 saturated heterocycles. The molecule has 2 rings (SSSR count). The van der Waals surface area contributed by atoms with Crippen LogP contribution in [0.4, 0.5) is 5.69 Å². The van der Waals surface area contributed by atoms with Crippen LogP contribution in [0.2, 0.25) is 5.02 Å². The number of nitrogens with one attached hydrogen (secondary N) is 1. The third-order valence-electron chi connectivity index (χ3n) is 2.87. The number of sulfonamides is 1. The molecule has 0 radical (unpaired) electrons. The summed E-state index contributed by atoms with van der Waals surface area (Å²) in [4.78, 5) is 12.0. The van der Waals surface area contributed by atoms with Crippen LogP contribution in [0.5, 0.6) is 0 Å². The van der Waals surface area contributed by atoms with Gasteiger partial charge in [-0.2, -0.15) is 0 Å². The van der Waals surface area contributed by atoms with Gasteiger partial charge in [0.1, 0.15) is 0 Å². The zero-order valence-electron chi connectivity index (χ0n) is 11.1. The van der Waals surface area contributed by atoms with Crippen molar-refractivity contribution in [2.45, 2.75) is 11.8 Å². The third-order valence-corrected chi connectivity index (χ3v) is 4.21. The average molecular weight is 325 g/mol. The number of amides is 1. The van der Waals surface area contributed by atoms with Crippen molar-refractivity contribution >= 4 is 33.2 Å². The van der Waals surface area contributed by atoms with Gasteiger partial charge < -0.3 is 5.32 Å². The number of rotatable bonds is 3. The summed E-state index contributed by atoms with van der Waals surface area (Å²) >= 11 is 5.98. The first kappa shape index (κ1) is 15.5. The third kappa shape index (κ3) is 3.81. The number of primary sulfonamides is 1. The highest BCUT2D eigenvalue weighted by Crippen LogP contribution is 2.20. The molecule has 110 valence electrons. The minimum atomic E-state index is -3.76. The van der Waals surface area contributed by atoms with Crippen molar-refractivity contribution in [1.82, 2.24) is 0 Å². The van der Waals surface area contributed by atoms with Gasteiger partial charge in [-0.15, -0.1) is 0 Å². The van der Waals surface area contributed by atoms with E-state index in [9.17, 15) is 13.2 Å². The topological polar surface area (TPSA) is 89.3 Å². The van der Waals surface area contributed by atoms with Crippen LogP contribution in [0, 0.1) is 6.92 Å². The average Bonchev–Trinajstić information content (AvgIpc) is 2.42. The van der Waals surface area contributed by atoms with E-state index in [4.69, 9.17) is 16.7 Å². The SMILES string of the molecule is Cc1ccc(NC(=O)c2ccc(S(N)(=O)=O)cc2)cc1Cl. The van der Waals surface area contributed by atoms with E-state index in [1.165, 1.54) is 24.3 Å². The first-order chi connectivity index (χ1) is 9.77. The lowest BCUT2D eigenvalue weighted by Gasteiger charge is -2.07. The lowest BCUT2D eigenvalue weighted by Crippen LogP contribution is -2.14. The van der Waals surface area contributed by atoms with Crippen LogP contribution < -0.4 is 10.5 Å². The van der Waals surface area contributed by atoms with Crippen molar-refractivity contribution in [1.29, 1.82) is 0 Å². The number of halogens is 1. The molecule has 0 aromatic heterocycles. The minimum absolute atomic E-state index is 0.0440. The van der Waals surface area contributed by atoms with Crippen LogP contribution in [0.1, 0.15) is 15.9 Å². The number of aryl methyl sites for hydroxylation is 1. The molecule has 2 aromatic carbocycles. The van der Waals surface area contributed by atoms with Gasteiger partial charge in [0.15, 0.2) is 0 Å². The van der Waals surface area contributed by atoms with Gasteiger partial charge in [-0.3, -0.25) is 4.79 Å². The summed E-state index contributed by atoms with van der Waals surface area (Å²) < 4.78 is 22.3. The molecule has 0 atom stereocenters. The molecular weight excluding hydrogens is 312 g/mol. The van der Waals surface area contributed by atoms with Crippen LogP contribution in [-0.4, -0.2) is 14.3 Å². The Hall–Kier alpha value is -1.89. The number of anilines is 1. The number of nitrogens with two attached hydrogens (primary N) is 1. The number of carbonyl (C=O) groups is 1. The maximum Gasteiger partial charge on any atom is 0.255 e. The van der Waals surface area contributed by atoms with Crippen molar-refractivity contribution < 1.29 is 13.2 Å². The van der Waals surface area contributed by atoms with E-state index in [-0.39, 0.29) is 10.8 Å². The summed E-state index contributed by atoms with van der Waals surface area (Å²) in [7, 11) is -3.76. The Labute approximate surface area is 127 Å². The highest BCUT2D eigenvalue weighted by Gasteiger charge is 2.10. The molecule has 0 bridgehead atoms. The molecule has 0 unspecified atom stereocenters. The summed E-state index contributed by atoms with van der Waals surface area (Å²) in [6, 6.07) is 10.5. The van der Waals surface area contributed by atoms with Gasteiger partial charge in [-0.1, -0.05) is 17.7 Å². The number of hydrogen-bond donors (Lipinski definition) is 2. The molecule has 5 nitrogen and oxygen atoms in total. The van der Waals surface area contributed by atoms with Crippen LogP contribution in [0.3, 0.4) is 0 Å². The molecule has 0 spiro atoms. The van der Waals surface area contributed by atoms with Gasteiger partial charge in [0.2, 0.25) is 10.0 Å². The van der Waals surface area contributed by atoms with Gasteiger partial charge in [-0.05, 0) is 48.9 Å². The Bertz CT molecular complexity index is 786. The Kier molecular flexibility index (Phi) is 4.32. The van der Waals surface area contributed by atoms with Gasteiger partial charge in [0.05, 0.1) is 4.90 Å². The highest BCUT2D eigenvalue weighted by atomic mass is 35.5. The van der Waals surface area contributed by atoms with Gasteiger partial charge >= 0.3 is 0 Å². The predicted molar refractivity (Wildman–Crippen MR) is 82.0 cm³/mol. The smallest absolute Gasteiger partial charge is 0.255 e. The second-order valence-corrected chi connectivity index (χ2v) is 6.46. The first-order valence-corrected chi connectivity index (χ1v) is 7.90. The summed E-state index contributed by atoms with van der Waals surface area (Å²) in [6.45, 7) is 1.86. The van der Waals surface area contributed by atoms with E-state index in [1.54, 1.807) is 18.2 Å². The van der Waals surface area contributed by atoms with Crippen molar-refractivity contribution in [3.63, 3.8) is 0 Å². The summed E-state index contributed by atoms with van der Waals surface area (Å²) in [5.41, 5.74) is 1.79. The number of carbonyl (C=O) groups excluding carboxylic acids is 1. The number of benzene rings is 2. The quantitative estimate of drug-likeness (QED) is 0.909. The molecule has 0 saturated carbocycles. The fourth-order valence-corrected chi connectivity index (χ4v) is 2.37. The first-order valence-electron chi connectivity index (χ1n) is 5.98. The fourth-order valence-electron chi connectivity index (χ4n) is 1.67. The van der Waals surface area contributed by atoms with Crippen LogP contribution >= 0.6 is 11.6 Å². The molecule has 0 aliphatic heterocycles. The van der Waals surface area contributed by atoms with Gasteiger partial charge in [-0.25, -0.2) is 13.6 Å². The largest absolute Gasteiger partial charge is 0.322 e. The lowest BCUT2D eigenvalue weighted by molar-refractivity contribution is 0.102. The maximum absolute atomic E-state index is 12.0. The van der Waals surface area contributed by atoms with Gasteiger partial charge in [0, 0.05) is 16.3 Å². The van der Waals surface area contributed by atoms with Crippen LogP contribution in [-0.2, 0) is 10.0 Å². The lowest BCUT2D eigenvalue weighted by atomic mass is 10.2. The molecule has 1 amide bonds. The second-order valence-electron chi connectivity index (χ2n) is 4.49. The summed E-state index contributed by atoms with van der Waals surface area (Å²) in [6.07, 6.45) is 0. The summed E-state index contributed by atoms with van der Waals surface area (Å²) in [5.74, 6) is -0.365. The van der Waals surface area contributed by atoms with Crippen LogP contribution in [0.25, 0.3) is 0 Å². The molecule has 2 aromatic rings. The Morgan fingerprint density at radius 1 is 1.14 bits per heavy atom. The Morgan fingerprint density at radius 3 is 2.29 bits per heavy atom. The molecule has 0 fully saturated rings. The molecule has 3 N–H and O–H groups in total. The molecule has 0 aliphatic rings. The Balaban J connectivity index is 2.18. The number of hydrogen-bond acceptors (Lipinski definition) is 3. The predicted octanol–water partition coefficient (Wildman–Crippen LogP) is 2.55. The van der Waals surface area contributed by atoms with E-state index >= 15 is 0 Å². The highest BCUT2D eigenvalue weighted by molar-refractivity contribution is 7.89. The molecule has 0 aliphatic carbocycles. The zero-order valence-corrected chi connectivity index (χ0v) is 12.7. The maximum atomic E-state index is 12.0. The van der Waals surface area contributed by atoms with Gasteiger partial charge in [0.25, 0.3) is 5.91 Å². The van der Waals surface area contributed by atoms with E-state index in [1.807, 2.05) is 6.92 Å². The summed E-state index contributed by atoms with van der Waals surface area (Å²) in [5, 5.41) is 8.23. The fraction of sp³-hybridized carbons (Fsp3) is 0.0714. The van der Waals surface area contributed by atoms with Crippen molar-refractivity contribution in [3.8, 4) is 0 Å². The monoisotopic (exact) mass is 324 g/mol. The van der Waals surface area contributed by atoms with Crippen molar-refractivity contribution in [2.24, 2.45) is 5.14 Å². The molecule has 7 heteroatoms. The van der Waals surface area contributed by atoms with Crippen molar-refractivity contribution in [2.75, 3.05) is 5.32 Å². The zero-order chi connectivity index (χ0) is 15.6. The van der Waals surface area contributed by atoms with Crippen LogP contribution in [0.15, 0.2) is 47.4 Å². The van der Waals surface area contributed by atoms with E-state index in [0.29, 0.717) is 16.3 Å². The van der Waals surface area contributed by atoms with E-state index in [2.05, 4.69) is 5.32 Å². The second kappa shape index (κ2) is 5.85.